The van der Waals surface area contributed by atoms with E-state index in [1.165, 1.54) is 12.1 Å². The van der Waals surface area contributed by atoms with Gasteiger partial charge in [-0.15, -0.1) is 0 Å². The van der Waals surface area contributed by atoms with Gasteiger partial charge in [0.25, 0.3) is 0 Å². The predicted molar refractivity (Wildman–Crippen MR) is 99.0 cm³/mol. The van der Waals surface area contributed by atoms with Crippen LogP contribution in [0.5, 0.6) is 0 Å². The first kappa shape index (κ1) is 19.0. The summed E-state index contributed by atoms with van der Waals surface area (Å²) in [4.78, 5) is 12.2. The number of carbonyl (C=O) groups excluding carboxylic acids is 1. The quantitative estimate of drug-likeness (QED) is 0.625. The Kier molecular flexibility index (Phi) is 5.21. The lowest BCUT2D eigenvalue weighted by molar-refractivity contribution is -0.121. The normalized spacial score (nSPS) is 16.2. The minimum absolute atomic E-state index is 0.0177. The number of hydrogen-bond acceptors (Lipinski definition) is 2. The van der Waals surface area contributed by atoms with E-state index >= 15 is 0 Å². The summed E-state index contributed by atoms with van der Waals surface area (Å²) in [6.45, 7) is 4.14. The van der Waals surface area contributed by atoms with E-state index in [2.05, 4.69) is 5.32 Å². The van der Waals surface area contributed by atoms with Crippen LogP contribution < -0.4 is 5.32 Å². The van der Waals surface area contributed by atoms with Gasteiger partial charge >= 0.3 is 0 Å². The lowest BCUT2D eigenvalue weighted by atomic mass is 9.95. The number of amides is 1. The van der Waals surface area contributed by atoms with E-state index in [1.807, 2.05) is 18.4 Å². The van der Waals surface area contributed by atoms with Crippen LogP contribution in [0.2, 0.25) is 5.02 Å². The molecular weight excluding hydrogens is 380 g/mol. The first-order chi connectivity index (χ1) is 12.2. The molecule has 1 N–H and O–H groups in total. The molecule has 0 radical (unpaired) electrons. The summed E-state index contributed by atoms with van der Waals surface area (Å²) < 4.78 is 32.8. The summed E-state index contributed by atoms with van der Waals surface area (Å²) in [5.41, 5.74) is 1.61. The Morgan fingerprint density at radius 3 is 2.77 bits per heavy atom. The van der Waals surface area contributed by atoms with Crippen molar-refractivity contribution >= 4 is 29.7 Å². The monoisotopic (exact) mass is 399 g/mol. The van der Waals surface area contributed by atoms with E-state index in [0.29, 0.717) is 17.7 Å². The average molecular weight is 400 g/mol. The molecule has 8 heteroatoms. The van der Waals surface area contributed by atoms with Gasteiger partial charge in [0.2, 0.25) is 5.91 Å². The zero-order chi connectivity index (χ0) is 19.2. The molecule has 2 heterocycles. The largest absolute Gasteiger partial charge is 0.354 e. The van der Waals surface area contributed by atoms with E-state index in [4.69, 9.17) is 23.8 Å². The molecule has 0 aliphatic carbocycles. The summed E-state index contributed by atoms with van der Waals surface area (Å²) in [7, 11) is 1.81. The van der Waals surface area contributed by atoms with E-state index in [0.717, 1.165) is 11.4 Å². The maximum absolute atomic E-state index is 14.4. The van der Waals surface area contributed by atoms with Gasteiger partial charge in [0, 0.05) is 42.5 Å². The van der Waals surface area contributed by atoms with Gasteiger partial charge in [0.1, 0.15) is 11.6 Å². The first-order valence-electron chi connectivity index (χ1n) is 8.40. The van der Waals surface area contributed by atoms with Crippen molar-refractivity contribution in [2.75, 3.05) is 0 Å². The molecule has 1 amide bonds. The number of nitrogens with zero attached hydrogens (tertiary/aromatic N) is 2. The summed E-state index contributed by atoms with van der Waals surface area (Å²) in [6.07, 6.45) is 0.580. The molecule has 0 saturated heterocycles. The van der Waals surface area contributed by atoms with Crippen molar-refractivity contribution in [3.63, 3.8) is 0 Å². The fourth-order valence-corrected chi connectivity index (χ4v) is 4.01. The SMILES string of the molecule is CC(C)NC(=O)Cc1c2n(c(=S)n1C)C[C@H](c1c(F)ccc(Cl)c1F)C2. The minimum atomic E-state index is -0.725. The molecule has 0 bridgehead atoms. The third kappa shape index (κ3) is 3.30. The highest BCUT2D eigenvalue weighted by atomic mass is 35.5. The van der Waals surface area contributed by atoms with Gasteiger partial charge in [0.05, 0.1) is 11.4 Å². The molecule has 0 spiro atoms. The van der Waals surface area contributed by atoms with Gasteiger partial charge in [-0.25, -0.2) is 8.78 Å². The van der Waals surface area contributed by atoms with E-state index in [9.17, 15) is 13.6 Å². The Hall–Kier alpha value is -1.73. The Balaban J connectivity index is 1.95. The molecule has 0 saturated carbocycles. The number of rotatable bonds is 4. The zero-order valence-electron chi connectivity index (χ0n) is 14.8. The molecule has 1 aromatic heterocycles. The fourth-order valence-electron chi connectivity index (χ4n) is 3.55. The summed E-state index contributed by atoms with van der Waals surface area (Å²) >= 11 is 11.3. The Bertz CT molecular complexity index is 935. The molecule has 1 aliphatic heterocycles. The van der Waals surface area contributed by atoms with Crippen molar-refractivity contribution in [3.8, 4) is 0 Å². The highest BCUT2D eigenvalue weighted by Gasteiger charge is 2.32. The number of fused-ring (bicyclic) bond motifs is 1. The average Bonchev–Trinajstić information content (AvgIpc) is 3.06. The van der Waals surface area contributed by atoms with E-state index in [1.54, 1.807) is 11.6 Å². The van der Waals surface area contributed by atoms with Crippen molar-refractivity contribution in [2.24, 2.45) is 7.05 Å². The minimum Gasteiger partial charge on any atom is -0.354 e. The molecule has 1 aliphatic rings. The van der Waals surface area contributed by atoms with Crippen LogP contribution in [0.4, 0.5) is 8.78 Å². The molecule has 140 valence electrons. The highest BCUT2D eigenvalue weighted by molar-refractivity contribution is 7.71. The van der Waals surface area contributed by atoms with Crippen LogP contribution in [-0.4, -0.2) is 21.1 Å². The van der Waals surface area contributed by atoms with Crippen LogP contribution in [0.3, 0.4) is 0 Å². The van der Waals surface area contributed by atoms with Crippen LogP contribution in [0.15, 0.2) is 12.1 Å². The smallest absolute Gasteiger partial charge is 0.226 e. The van der Waals surface area contributed by atoms with E-state index in [-0.39, 0.29) is 29.0 Å². The maximum Gasteiger partial charge on any atom is 0.226 e. The summed E-state index contributed by atoms with van der Waals surface area (Å²) in [6, 6.07) is 2.43. The molecule has 1 atom stereocenters. The number of nitrogens with one attached hydrogen (secondary N) is 1. The fraction of sp³-hybridized carbons (Fsp3) is 0.444. The van der Waals surface area contributed by atoms with Crippen molar-refractivity contribution in [1.82, 2.24) is 14.5 Å². The Morgan fingerprint density at radius 1 is 1.42 bits per heavy atom. The molecule has 0 fully saturated rings. The molecule has 1 aromatic carbocycles. The van der Waals surface area contributed by atoms with Crippen LogP contribution >= 0.6 is 23.8 Å². The second-order valence-corrected chi connectivity index (χ2v) is 7.67. The molecule has 2 aromatic rings. The second-order valence-electron chi connectivity index (χ2n) is 6.90. The Morgan fingerprint density at radius 2 is 2.12 bits per heavy atom. The molecule has 4 nitrogen and oxygen atoms in total. The Labute approximate surface area is 160 Å². The number of imidazole rings is 1. The lowest BCUT2D eigenvalue weighted by Crippen LogP contribution is -2.32. The predicted octanol–water partition coefficient (Wildman–Crippen LogP) is 3.89. The standard InChI is InChI=1S/C18H20ClF2N3OS/c1-9(2)22-15(25)7-13-14-6-10(8-24(14)18(26)23(13)3)16-12(20)5-4-11(19)17(16)21/h4-5,9-10H,6-8H2,1-3H3,(H,22,25)/t10-/m1/s1. The topological polar surface area (TPSA) is 39.0 Å². The zero-order valence-corrected chi connectivity index (χ0v) is 16.3. The molecule has 26 heavy (non-hydrogen) atoms. The van der Waals surface area contributed by atoms with Gasteiger partial charge in [-0.3, -0.25) is 4.79 Å². The third-order valence-corrected chi connectivity index (χ3v) is 5.48. The van der Waals surface area contributed by atoms with Crippen molar-refractivity contribution in [2.45, 2.75) is 45.2 Å². The number of aromatic nitrogens is 2. The van der Waals surface area contributed by atoms with Crippen molar-refractivity contribution in [1.29, 1.82) is 0 Å². The number of hydrogen-bond donors (Lipinski definition) is 1. The van der Waals surface area contributed by atoms with Crippen LogP contribution in [-0.2, 0) is 31.2 Å². The van der Waals surface area contributed by atoms with E-state index < -0.39 is 17.6 Å². The number of halogens is 3. The van der Waals surface area contributed by atoms with Crippen molar-refractivity contribution < 1.29 is 13.6 Å². The van der Waals surface area contributed by atoms with Gasteiger partial charge in [-0.05, 0) is 44.6 Å². The summed E-state index contributed by atoms with van der Waals surface area (Å²) in [5, 5.41) is 2.76. The lowest BCUT2D eigenvalue weighted by Gasteiger charge is -2.14. The molecule has 0 unspecified atom stereocenters. The van der Waals surface area contributed by atoms with Crippen LogP contribution in [0.25, 0.3) is 0 Å². The second kappa shape index (κ2) is 7.12. The van der Waals surface area contributed by atoms with Gasteiger partial charge < -0.3 is 14.5 Å². The van der Waals surface area contributed by atoms with Gasteiger partial charge in [-0.2, -0.15) is 0 Å². The molecule has 3 rings (SSSR count). The third-order valence-electron chi connectivity index (χ3n) is 4.69. The van der Waals surface area contributed by atoms with Gasteiger partial charge in [-0.1, -0.05) is 11.6 Å². The number of benzene rings is 1. The maximum atomic E-state index is 14.4. The number of carbonyl (C=O) groups is 1. The summed E-state index contributed by atoms with van der Waals surface area (Å²) in [5.74, 6) is -1.85. The van der Waals surface area contributed by atoms with Crippen LogP contribution in [0.1, 0.15) is 36.7 Å². The van der Waals surface area contributed by atoms with Crippen molar-refractivity contribution in [3.05, 3.63) is 50.5 Å². The highest BCUT2D eigenvalue weighted by Crippen LogP contribution is 2.37. The van der Waals surface area contributed by atoms with Crippen LogP contribution in [0, 0.1) is 16.4 Å². The van der Waals surface area contributed by atoms with Gasteiger partial charge in [0.15, 0.2) is 4.77 Å². The first-order valence-corrected chi connectivity index (χ1v) is 9.19. The molecular formula is C18H20ClF2N3OS.